The van der Waals surface area contributed by atoms with E-state index >= 15 is 0 Å². The summed E-state index contributed by atoms with van der Waals surface area (Å²) >= 11 is 7.04. The van der Waals surface area contributed by atoms with E-state index < -0.39 is 16.9 Å². The first kappa shape index (κ1) is 19.9. The molecule has 7 heteroatoms. The van der Waals surface area contributed by atoms with Gasteiger partial charge in [0.1, 0.15) is 10.5 Å². The van der Waals surface area contributed by atoms with Crippen LogP contribution in [0.25, 0.3) is 10.8 Å². The molecule has 2 aromatic rings. The molecule has 3 rings (SSSR count). The van der Waals surface area contributed by atoms with E-state index in [2.05, 4.69) is 19.2 Å². The first-order valence-corrected chi connectivity index (χ1v) is 10.3. The Bertz CT molecular complexity index is 866. The van der Waals surface area contributed by atoms with Crippen molar-refractivity contribution in [3.8, 4) is 0 Å². The molecule has 1 aliphatic heterocycles. The fourth-order valence-corrected chi connectivity index (χ4v) is 5.49. The van der Waals surface area contributed by atoms with Crippen LogP contribution in [0, 0.1) is 0 Å². The third kappa shape index (κ3) is 3.77. The Morgan fingerprint density at radius 2 is 2.00 bits per heavy atom. The number of rotatable bonds is 4. The van der Waals surface area contributed by atoms with E-state index in [0.717, 1.165) is 22.3 Å². The molecule has 0 aliphatic carbocycles. The molecular formula is C20H25N3O2S2. The predicted molar refractivity (Wildman–Crippen MR) is 116 cm³/mol. The Morgan fingerprint density at radius 1 is 1.33 bits per heavy atom. The van der Waals surface area contributed by atoms with Gasteiger partial charge in [-0.15, -0.1) is 0 Å². The Kier molecular flexibility index (Phi) is 5.65. The summed E-state index contributed by atoms with van der Waals surface area (Å²) in [5.74, 6) is 0. The summed E-state index contributed by atoms with van der Waals surface area (Å²) in [5.41, 5.74) is 0.665. The molecule has 0 saturated carbocycles. The number of carbonyl (C=O) groups excluding carboxylic acids is 1. The van der Waals surface area contributed by atoms with E-state index in [1.54, 1.807) is 0 Å². The third-order valence-corrected chi connectivity index (χ3v) is 6.57. The number of hydrogen-bond acceptors (Lipinski definition) is 4. The van der Waals surface area contributed by atoms with E-state index in [4.69, 9.17) is 12.2 Å². The average Bonchev–Trinajstić information content (AvgIpc) is 2.89. The number of hydrogen-bond donors (Lipinski definition) is 2. The molecule has 2 unspecified atom stereocenters. The zero-order valence-corrected chi connectivity index (χ0v) is 17.6. The van der Waals surface area contributed by atoms with Crippen LogP contribution in [0.1, 0.15) is 34.1 Å². The number of amides is 2. The molecule has 2 N–H and O–H groups in total. The smallest absolute Gasteiger partial charge is 0.331 e. The van der Waals surface area contributed by atoms with Crippen LogP contribution in [-0.2, 0) is 0 Å². The number of fused-ring (bicyclic) bond motifs is 1. The Morgan fingerprint density at radius 3 is 2.70 bits per heavy atom. The van der Waals surface area contributed by atoms with Crippen molar-refractivity contribution in [2.45, 2.75) is 51.1 Å². The SMILES string of the molecule is CCC(C)N1C(=S)SC(C)(C)C1N(O)C(=O)Nc1cccc2ccccc12. The van der Waals surface area contributed by atoms with Gasteiger partial charge < -0.3 is 10.2 Å². The molecule has 27 heavy (non-hydrogen) atoms. The zero-order chi connectivity index (χ0) is 19.8. The van der Waals surface area contributed by atoms with E-state index in [9.17, 15) is 10.0 Å². The molecule has 2 aromatic carbocycles. The maximum atomic E-state index is 12.9. The van der Waals surface area contributed by atoms with Gasteiger partial charge in [0, 0.05) is 11.4 Å². The number of nitrogens with one attached hydrogen (secondary N) is 1. The Labute approximate surface area is 169 Å². The number of urea groups is 1. The molecule has 144 valence electrons. The summed E-state index contributed by atoms with van der Waals surface area (Å²) in [5, 5.41) is 16.4. The van der Waals surface area contributed by atoms with Crippen molar-refractivity contribution < 1.29 is 10.0 Å². The van der Waals surface area contributed by atoms with Crippen LogP contribution in [-0.4, -0.2) is 42.5 Å². The van der Waals surface area contributed by atoms with E-state index in [-0.39, 0.29) is 6.04 Å². The fourth-order valence-electron chi connectivity index (χ4n) is 3.41. The van der Waals surface area contributed by atoms with Gasteiger partial charge in [0.05, 0.1) is 10.4 Å². The number of thiocarbonyl (C=S) groups is 1. The summed E-state index contributed by atoms with van der Waals surface area (Å²) in [7, 11) is 0. The van der Waals surface area contributed by atoms with Crippen LogP contribution in [0.3, 0.4) is 0 Å². The number of hydroxylamine groups is 2. The lowest BCUT2D eigenvalue weighted by Crippen LogP contribution is -2.57. The zero-order valence-electron chi connectivity index (χ0n) is 16.0. The number of benzene rings is 2. The van der Waals surface area contributed by atoms with E-state index in [0.29, 0.717) is 10.0 Å². The van der Waals surface area contributed by atoms with Gasteiger partial charge in [-0.05, 0) is 38.6 Å². The topological polar surface area (TPSA) is 55.8 Å². The fraction of sp³-hybridized carbons (Fsp3) is 0.400. The van der Waals surface area contributed by atoms with Crippen molar-refractivity contribution in [3.63, 3.8) is 0 Å². The third-order valence-electron chi connectivity index (χ3n) is 4.98. The van der Waals surface area contributed by atoms with Crippen molar-refractivity contribution in [3.05, 3.63) is 42.5 Å². The van der Waals surface area contributed by atoms with E-state index in [1.165, 1.54) is 11.8 Å². The molecule has 1 saturated heterocycles. The summed E-state index contributed by atoms with van der Waals surface area (Å²) < 4.78 is 0.280. The molecule has 2 amide bonds. The monoisotopic (exact) mass is 403 g/mol. The van der Waals surface area contributed by atoms with E-state index in [1.807, 2.05) is 61.2 Å². The molecule has 0 radical (unpaired) electrons. The highest BCUT2D eigenvalue weighted by Crippen LogP contribution is 2.44. The van der Waals surface area contributed by atoms with Crippen molar-refractivity contribution in [2.75, 3.05) is 5.32 Å². The Balaban J connectivity index is 1.88. The lowest BCUT2D eigenvalue weighted by Gasteiger charge is -2.39. The minimum Gasteiger partial charge on any atom is -0.331 e. The van der Waals surface area contributed by atoms with Gasteiger partial charge in [-0.2, -0.15) is 5.06 Å². The van der Waals surface area contributed by atoms with Gasteiger partial charge in [-0.1, -0.05) is 67.3 Å². The van der Waals surface area contributed by atoms with Gasteiger partial charge in [-0.25, -0.2) is 4.79 Å². The van der Waals surface area contributed by atoms with Crippen molar-refractivity contribution in [1.29, 1.82) is 0 Å². The van der Waals surface area contributed by atoms with Gasteiger partial charge in [0.2, 0.25) is 0 Å². The summed E-state index contributed by atoms with van der Waals surface area (Å²) in [6.45, 7) is 8.10. The van der Waals surface area contributed by atoms with Crippen LogP contribution >= 0.6 is 24.0 Å². The largest absolute Gasteiger partial charge is 0.347 e. The average molecular weight is 404 g/mol. The molecule has 5 nitrogen and oxygen atoms in total. The van der Waals surface area contributed by atoms with Crippen molar-refractivity contribution in [1.82, 2.24) is 9.96 Å². The van der Waals surface area contributed by atoms with Gasteiger partial charge in [0.15, 0.2) is 0 Å². The molecule has 2 atom stereocenters. The molecular weight excluding hydrogens is 378 g/mol. The number of thioether (sulfide) groups is 1. The maximum Gasteiger partial charge on any atom is 0.347 e. The number of carbonyl (C=O) groups is 1. The molecule has 0 aromatic heterocycles. The molecule has 0 spiro atoms. The van der Waals surface area contributed by atoms with Crippen molar-refractivity contribution >= 4 is 50.8 Å². The summed E-state index contributed by atoms with van der Waals surface area (Å²) in [6, 6.07) is 13.1. The predicted octanol–water partition coefficient (Wildman–Crippen LogP) is 5.30. The normalized spacial score (nSPS) is 20.0. The first-order chi connectivity index (χ1) is 12.8. The molecule has 1 fully saturated rings. The number of nitrogens with zero attached hydrogens (tertiary/aromatic N) is 2. The van der Waals surface area contributed by atoms with Gasteiger partial charge in [0.25, 0.3) is 0 Å². The lowest BCUT2D eigenvalue weighted by atomic mass is 10.1. The quantitative estimate of drug-likeness (QED) is 0.412. The first-order valence-electron chi connectivity index (χ1n) is 9.04. The van der Waals surface area contributed by atoms with Gasteiger partial charge >= 0.3 is 6.03 Å². The van der Waals surface area contributed by atoms with Gasteiger partial charge in [-0.3, -0.25) is 5.21 Å². The van der Waals surface area contributed by atoms with Crippen molar-refractivity contribution in [2.24, 2.45) is 0 Å². The Hall–Kier alpha value is -1.83. The standard InChI is InChI=1S/C20H25N3O2S2/c1-5-13(2)22-17(20(3,4)27-19(22)26)23(25)18(24)21-16-12-8-10-14-9-6-7-11-15(14)16/h6-13,17,25H,5H2,1-4H3,(H,21,24). The van der Waals surface area contributed by atoms with Crippen LogP contribution in [0.4, 0.5) is 10.5 Å². The summed E-state index contributed by atoms with van der Waals surface area (Å²) in [4.78, 5) is 14.8. The highest BCUT2D eigenvalue weighted by molar-refractivity contribution is 8.24. The second kappa shape index (κ2) is 7.66. The van der Waals surface area contributed by atoms with Crippen LogP contribution < -0.4 is 5.32 Å². The second-order valence-electron chi connectivity index (χ2n) is 7.31. The minimum absolute atomic E-state index is 0.122. The molecule has 1 aliphatic rings. The van der Waals surface area contributed by atoms with Crippen LogP contribution in [0.5, 0.6) is 0 Å². The minimum atomic E-state index is -0.567. The molecule has 0 bridgehead atoms. The highest BCUT2D eigenvalue weighted by Gasteiger charge is 2.50. The molecule has 1 heterocycles. The lowest BCUT2D eigenvalue weighted by molar-refractivity contribution is -0.120. The maximum absolute atomic E-state index is 12.9. The van der Waals surface area contributed by atoms with Crippen LogP contribution in [0.15, 0.2) is 42.5 Å². The number of anilines is 1. The second-order valence-corrected chi connectivity index (χ2v) is 9.60. The summed E-state index contributed by atoms with van der Waals surface area (Å²) in [6.07, 6.45) is 0.325. The van der Waals surface area contributed by atoms with Crippen LogP contribution in [0.2, 0.25) is 0 Å². The highest BCUT2D eigenvalue weighted by atomic mass is 32.2.